The van der Waals surface area contributed by atoms with E-state index >= 15 is 0 Å². The van der Waals surface area contributed by atoms with E-state index in [4.69, 9.17) is 4.42 Å². The second-order valence-electron chi connectivity index (χ2n) is 1.51. The fourth-order valence-electron chi connectivity index (χ4n) is 0.503. The van der Waals surface area contributed by atoms with Gasteiger partial charge in [0.25, 0.3) is 0 Å². The molecule has 2 nitrogen and oxygen atoms in total. The van der Waals surface area contributed by atoms with E-state index in [-0.39, 0.29) is 0 Å². The molecule has 0 fully saturated rings. The quantitative estimate of drug-likeness (QED) is 0.466. The SMILES string of the molecule is CSc1coc(C=O)c1. The minimum atomic E-state index is 0.388. The summed E-state index contributed by atoms with van der Waals surface area (Å²) in [5.41, 5.74) is 0. The van der Waals surface area contributed by atoms with Crippen molar-refractivity contribution in [2.24, 2.45) is 0 Å². The lowest BCUT2D eigenvalue weighted by molar-refractivity contribution is 0.110. The Morgan fingerprint density at radius 2 is 2.56 bits per heavy atom. The average Bonchev–Trinajstić information content (AvgIpc) is 2.34. The fraction of sp³-hybridized carbons (Fsp3) is 0.167. The van der Waals surface area contributed by atoms with Gasteiger partial charge >= 0.3 is 0 Å². The summed E-state index contributed by atoms with van der Waals surface area (Å²) in [6, 6.07) is 1.71. The summed E-state index contributed by atoms with van der Waals surface area (Å²) in [5.74, 6) is 0.388. The van der Waals surface area contributed by atoms with Crippen molar-refractivity contribution in [1.82, 2.24) is 0 Å². The Morgan fingerprint density at radius 3 is 2.89 bits per heavy atom. The summed E-state index contributed by atoms with van der Waals surface area (Å²) in [4.78, 5) is 11.0. The number of rotatable bonds is 2. The second-order valence-corrected chi connectivity index (χ2v) is 2.39. The van der Waals surface area contributed by atoms with Gasteiger partial charge in [-0.2, -0.15) is 0 Å². The first-order chi connectivity index (χ1) is 4.36. The lowest BCUT2D eigenvalue weighted by atomic mass is 10.5. The van der Waals surface area contributed by atoms with Gasteiger partial charge < -0.3 is 4.42 Å². The standard InChI is InChI=1S/C6H6O2S/c1-9-6-2-5(3-7)8-4-6/h2-4H,1H3. The Bertz CT molecular complexity index is 205. The highest BCUT2D eigenvalue weighted by molar-refractivity contribution is 7.98. The van der Waals surface area contributed by atoms with E-state index in [1.54, 1.807) is 24.1 Å². The monoisotopic (exact) mass is 142 g/mol. The molecule has 0 amide bonds. The molecule has 1 rings (SSSR count). The van der Waals surface area contributed by atoms with E-state index in [9.17, 15) is 4.79 Å². The van der Waals surface area contributed by atoms with Crippen molar-refractivity contribution in [2.75, 3.05) is 6.26 Å². The fourth-order valence-corrected chi connectivity index (χ4v) is 0.882. The van der Waals surface area contributed by atoms with Gasteiger partial charge in [-0.1, -0.05) is 0 Å². The molecule has 0 atom stereocenters. The van der Waals surface area contributed by atoms with Gasteiger partial charge in [0.05, 0.1) is 0 Å². The molecule has 3 heteroatoms. The van der Waals surface area contributed by atoms with Crippen LogP contribution in [0.5, 0.6) is 0 Å². The molecule has 0 spiro atoms. The molecule has 1 aromatic rings. The van der Waals surface area contributed by atoms with Gasteiger partial charge in [0.2, 0.25) is 0 Å². The zero-order valence-electron chi connectivity index (χ0n) is 4.96. The summed E-state index contributed by atoms with van der Waals surface area (Å²) >= 11 is 1.55. The first-order valence-corrected chi connectivity index (χ1v) is 3.67. The summed E-state index contributed by atoms with van der Waals surface area (Å²) in [7, 11) is 0. The lowest BCUT2D eigenvalue weighted by Gasteiger charge is -1.77. The zero-order chi connectivity index (χ0) is 6.69. The third kappa shape index (κ3) is 1.36. The molecule has 0 bridgehead atoms. The van der Waals surface area contributed by atoms with E-state index < -0.39 is 0 Å². The van der Waals surface area contributed by atoms with Gasteiger partial charge in [0.15, 0.2) is 12.0 Å². The molecule has 0 radical (unpaired) electrons. The number of thioether (sulfide) groups is 1. The van der Waals surface area contributed by atoms with Crippen LogP contribution in [-0.2, 0) is 0 Å². The molecule has 9 heavy (non-hydrogen) atoms. The van der Waals surface area contributed by atoms with Crippen LogP contribution >= 0.6 is 11.8 Å². The van der Waals surface area contributed by atoms with E-state index in [2.05, 4.69) is 0 Å². The molecule has 48 valence electrons. The summed E-state index contributed by atoms with van der Waals surface area (Å²) < 4.78 is 4.82. The highest BCUT2D eigenvalue weighted by atomic mass is 32.2. The van der Waals surface area contributed by atoms with E-state index in [1.165, 1.54) is 0 Å². The van der Waals surface area contributed by atoms with Crippen molar-refractivity contribution in [1.29, 1.82) is 0 Å². The molecular weight excluding hydrogens is 136 g/mol. The smallest absolute Gasteiger partial charge is 0.185 e. The Balaban J connectivity index is 2.86. The second kappa shape index (κ2) is 2.73. The summed E-state index contributed by atoms with van der Waals surface area (Å²) in [6.45, 7) is 0. The Labute approximate surface area is 57.2 Å². The maximum Gasteiger partial charge on any atom is 0.185 e. The van der Waals surface area contributed by atoms with Crippen molar-refractivity contribution in [3.05, 3.63) is 18.1 Å². The molecule has 0 aliphatic carbocycles. The van der Waals surface area contributed by atoms with E-state index in [0.717, 1.165) is 4.90 Å². The van der Waals surface area contributed by atoms with Crippen LogP contribution in [0.3, 0.4) is 0 Å². The first kappa shape index (κ1) is 6.42. The number of hydrogen-bond acceptors (Lipinski definition) is 3. The van der Waals surface area contributed by atoms with Gasteiger partial charge in [0.1, 0.15) is 6.26 Å². The maximum absolute atomic E-state index is 10.0. The van der Waals surface area contributed by atoms with Crippen LogP contribution < -0.4 is 0 Å². The van der Waals surface area contributed by atoms with Crippen LogP contribution in [0.4, 0.5) is 0 Å². The van der Waals surface area contributed by atoms with Crippen molar-refractivity contribution in [2.45, 2.75) is 4.90 Å². The van der Waals surface area contributed by atoms with Crippen LogP contribution in [-0.4, -0.2) is 12.5 Å². The topological polar surface area (TPSA) is 30.2 Å². The number of furan rings is 1. The predicted octanol–water partition coefficient (Wildman–Crippen LogP) is 1.81. The number of hydrogen-bond donors (Lipinski definition) is 0. The third-order valence-corrected chi connectivity index (χ3v) is 1.63. The van der Waals surface area contributed by atoms with Crippen molar-refractivity contribution in [3.8, 4) is 0 Å². The molecule has 1 aromatic heterocycles. The number of aldehydes is 1. The minimum absolute atomic E-state index is 0.388. The molecule has 0 aliphatic heterocycles. The first-order valence-electron chi connectivity index (χ1n) is 2.44. The Hall–Kier alpha value is -0.700. The Kier molecular flexibility index (Phi) is 1.95. The van der Waals surface area contributed by atoms with Crippen LogP contribution in [0.1, 0.15) is 10.6 Å². The molecule has 0 aromatic carbocycles. The summed E-state index contributed by atoms with van der Waals surface area (Å²) in [5, 5.41) is 0. The van der Waals surface area contributed by atoms with Crippen molar-refractivity contribution < 1.29 is 9.21 Å². The van der Waals surface area contributed by atoms with Gasteiger partial charge in [-0.3, -0.25) is 4.79 Å². The molecule has 1 heterocycles. The van der Waals surface area contributed by atoms with Crippen LogP contribution in [0, 0.1) is 0 Å². The lowest BCUT2D eigenvalue weighted by Crippen LogP contribution is -1.66. The highest BCUT2D eigenvalue weighted by Crippen LogP contribution is 2.16. The molecule has 0 N–H and O–H groups in total. The average molecular weight is 142 g/mol. The van der Waals surface area contributed by atoms with Gasteiger partial charge in [-0.25, -0.2) is 0 Å². The molecule has 0 saturated carbocycles. The van der Waals surface area contributed by atoms with E-state index in [1.807, 2.05) is 6.26 Å². The predicted molar refractivity (Wildman–Crippen MR) is 35.9 cm³/mol. The third-order valence-electron chi connectivity index (χ3n) is 0.948. The normalized spacial score (nSPS) is 9.44. The number of carbonyl (C=O) groups is 1. The Morgan fingerprint density at radius 1 is 1.78 bits per heavy atom. The van der Waals surface area contributed by atoms with Crippen LogP contribution in [0.2, 0.25) is 0 Å². The molecule has 0 aliphatic rings. The molecule has 0 unspecified atom stereocenters. The zero-order valence-corrected chi connectivity index (χ0v) is 5.77. The van der Waals surface area contributed by atoms with Crippen molar-refractivity contribution >= 4 is 18.0 Å². The minimum Gasteiger partial charge on any atom is -0.460 e. The highest BCUT2D eigenvalue weighted by Gasteiger charge is 1.96. The summed E-state index contributed by atoms with van der Waals surface area (Å²) in [6.07, 6.45) is 4.19. The van der Waals surface area contributed by atoms with Crippen LogP contribution in [0.15, 0.2) is 21.6 Å². The maximum atomic E-state index is 10.0. The van der Waals surface area contributed by atoms with E-state index in [0.29, 0.717) is 12.0 Å². The largest absolute Gasteiger partial charge is 0.460 e. The van der Waals surface area contributed by atoms with Gasteiger partial charge in [-0.05, 0) is 6.26 Å². The van der Waals surface area contributed by atoms with Crippen LogP contribution in [0.25, 0.3) is 0 Å². The van der Waals surface area contributed by atoms with Gasteiger partial charge in [0, 0.05) is 11.0 Å². The number of carbonyl (C=O) groups excluding carboxylic acids is 1. The van der Waals surface area contributed by atoms with Crippen molar-refractivity contribution in [3.63, 3.8) is 0 Å². The molecule has 0 saturated heterocycles. The molecular formula is C6H6O2S. The van der Waals surface area contributed by atoms with Gasteiger partial charge in [-0.15, -0.1) is 11.8 Å².